The van der Waals surface area contributed by atoms with E-state index in [4.69, 9.17) is 4.98 Å². The molecule has 2 N–H and O–H groups in total. The number of aromatic nitrogens is 4. The van der Waals surface area contributed by atoms with E-state index in [1.54, 1.807) is 0 Å². The molecule has 3 heterocycles. The summed E-state index contributed by atoms with van der Waals surface area (Å²) in [6.07, 6.45) is 5.78. The van der Waals surface area contributed by atoms with Crippen molar-refractivity contribution in [3.05, 3.63) is 54.1 Å². The number of fused-ring (bicyclic) bond motifs is 1. The Kier molecular flexibility index (Phi) is 5.87. The maximum absolute atomic E-state index is 4.80. The molecule has 32 heavy (non-hydrogen) atoms. The number of rotatable bonds is 6. The van der Waals surface area contributed by atoms with E-state index < -0.39 is 0 Å². The van der Waals surface area contributed by atoms with E-state index in [0.717, 1.165) is 39.4 Å². The monoisotopic (exact) mass is 428 g/mol. The molecule has 1 aromatic carbocycles. The normalized spacial score (nSPS) is 11.5. The molecule has 166 valence electrons. The number of benzene rings is 1. The van der Waals surface area contributed by atoms with Gasteiger partial charge in [-0.2, -0.15) is 0 Å². The Morgan fingerprint density at radius 3 is 1.69 bits per heavy atom. The summed E-state index contributed by atoms with van der Waals surface area (Å²) < 4.78 is 2.10. The Labute approximate surface area is 190 Å². The predicted octanol–water partition coefficient (Wildman–Crippen LogP) is 5.95. The maximum Gasteiger partial charge on any atom is 0.126 e. The molecule has 6 heteroatoms. The van der Waals surface area contributed by atoms with Gasteiger partial charge in [-0.25, -0.2) is 15.0 Å². The van der Waals surface area contributed by atoms with Crippen LogP contribution in [0.2, 0.25) is 0 Å². The Morgan fingerprint density at radius 1 is 0.719 bits per heavy atom. The highest BCUT2D eigenvalue weighted by atomic mass is 15.0. The van der Waals surface area contributed by atoms with Crippen LogP contribution < -0.4 is 10.6 Å². The van der Waals surface area contributed by atoms with Gasteiger partial charge in [0, 0.05) is 53.8 Å². The highest BCUT2D eigenvalue weighted by Gasteiger charge is 2.20. The molecule has 0 unspecified atom stereocenters. The molecule has 0 saturated heterocycles. The van der Waals surface area contributed by atoms with E-state index in [2.05, 4.69) is 78.8 Å². The van der Waals surface area contributed by atoms with Crippen LogP contribution >= 0.6 is 0 Å². The lowest BCUT2D eigenvalue weighted by Gasteiger charge is -2.18. The average Bonchev–Trinajstić information content (AvgIpc) is 3.11. The van der Waals surface area contributed by atoms with E-state index in [0.29, 0.717) is 12.1 Å². The van der Waals surface area contributed by atoms with Crippen LogP contribution in [0.5, 0.6) is 0 Å². The molecule has 0 amide bonds. The summed E-state index contributed by atoms with van der Waals surface area (Å²) in [5, 5.41) is 6.71. The first-order valence-electron chi connectivity index (χ1n) is 11.2. The Balaban J connectivity index is 1.86. The predicted molar refractivity (Wildman–Crippen MR) is 134 cm³/mol. The summed E-state index contributed by atoms with van der Waals surface area (Å²) in [5.74, 6) is 1.77. The van der Waals surface area contributed by atoms with Crippen LogP contribution in [-0.2, 0) is 7.05 Å². The van der Waals surface area contributed by atoms with Crippen LogP contribution in [0, 0.1) is 13.8 Å². The minimum absolute atomic E-state index is 0.342. The largest absolute Gasteiger partial charge is 0.368 e. The summed E-state index contributed by atoms with van der Waals surface area (Å²) in [4.78, 5) is 14.1. The van der Waals surface area contributed by atoms with E-state index in [1.165, 1.54) is 16.7 Å². The third kappa shape index (κ3) is 4.05. The van der Waals surface area contributed by atoms with Crippen molar-refractivity contribution >= 4 is 22.7 Å². The summed E-state index contributed by atoms with van der Waals surface area (Å²) >= 11 is 0. The van der Waals surface area contributed by atoms with Crippen molar-refractivity contribution in [2.45, 2.75) is 53.6 Å². The second kappa shape index (κ2) is 8.61. The van der Waals surface area contributed by atoms with Crippen molar-refractivity contribution in [1.82, 2.24) is 19.5 Å². The zero-order valence-electron chi connectivity index (χ0n) is 20.0. The van der Waals surface area contributed by atoms with Gasteiger partial charge in [0.1, 0.15) is 11.6 Å². The molecule has 0 aliphatic rings. The molecule has 0 saturated carbocycles. The molecule has 0 bridgehead atoms. The van der Waals surface area contributed by atoms with Crippen LogP contribution in [0.1, 0.15) is 38.8 Å². The van der Waals surface area contributed by atoms with Crippen LogP contribution in [0.25, 0.3) is 33.3 Å². The Bertz CT molecular complexity index is 1230. The topological polar surface area (TPSA) is 67.7 Å². The summed E-state index contributed by atoms with van der Waals surface area (Å²) in [5.41, 5.74) is 9.01. The molecule has 0 atom stereocenters. The summed E-state index contributed by atoms with van der Waals surface area (Å²) in [7, 11) is 2.05. The van der Waals surface area contributed by atoms with Crippen LogP contribution in [0.4, 0.5) is 11.6 Å². The molecule has 0 aliphatic carbocycles. The van der Waals surface area contributed by atoms with E-state index in [-0.39, 0.29) is 0 Å². The van der Waals surface area contributed by atoms with E-state index in [1.807, 2.05) is 37.9 Å². The first-order chi connectivity index (χ1) is 15.3. The molecule has 0 fully saturated rings. The number of aryl methyl sites for hydroxylation is 1. The number of pyridine rings is 2. The lowest BCUT2D eigenvalue weighted by Crippen LogP contribution is -2.10. The maximum atomic E-state index is 4.80. The number of nitrogens with one attached hydrogen (secondary N) is 2. The first kappa shape index (κ1) is 21.8. The number of anilines is 2. The van der Waals surface area contributed by atoms with Crippen molar-refractivity contribution in [2.75, 3.05) is 10.6 Å². The zero-order chi connectivity index (χ0) is 23.0. The fourth-order valence-corrected chi connectivity index (χ4v) is 4.19. The number of hydrogen-bond donors (Lipinski definition) is 2. The fourth-order valence-electron chi connectivity index (χ4n) is 4.19. The van der Waals surface area contributed by atoms with Gasteiger partial charge in [0.25, 0.3) is 0 Å². The quantitative estimate of drug-likeness (QED) is 0.397. The number of imidazole rings is 1. The average molecular weight is 429 g/mol. The van der Waals surface area contributed by atoms with Crippen molar-refractivity contribution < 1.29 is 0 Å². The van der Waals surface area contributed by atoms with Crippen LogP contribution in [0.15, 0.2) is 43.0 Å². The van der Waals surface area contributed by atoms with Gasteiger partial charge >= 0.3 is 0 Å². The summed E-state index contributed by atoms with van der Waals surface area (Å²) in [6.45, 7) is 12.8. The van der Waals surface area contributed by atoms with Gasteiger partial charge in [-0.15, -0.1) is 0 Å². The van der Waals surface area contributed by atoms with Crippen molar-refractivity contribution in [1.29, 1.82) is 0 Å². The Hall–Kier alpha value is -3.41. The molecule has 4 aromatic rings. The van der Waals surface area contributed by atoms with Gasteiger partial charge in [-0.05, 0) is 76.9 Å². The molecule has 6 nitrogen and oxygen atoms in total. The van der Waals surface area contributed by atoms with Gasteiger partial charge in [0.2, 0.25) is 0 Å². The standard InChI is InChI=1S/C26H32N6/c1-15(2)30-21-10-8-19(12-27-21)23-17(5)18(6)24(26-25(23)29-14-32(26)7)20-9-11-22(28-13-20)31-16(3)4/h8-16H,1-7H3,(H,27,30)(H,28,31). The lowest BCUT2D eigenvalue weighted by atomic mass is 9.89. The molecule has 0 radical (unpaired) electrons. The first-order valence-corrected chi connectivity index (χ1v) is 11.2. The van der Waals surface area contributed by atoms with Crippen molar-refractivity contribution in [3.8, 4) is 22.3 Å². The van der Waals surface area contributed by atoms with Crippen LogP contribution in [0.3, 0.4) is 0 Å². The smallest absolute Gasteiger partial charge is 0.126 e. The lowest BCUT2D eigenvalue weighted by molar-refractivity contribution is 0.889. The SMILES string of the molecule is Cc1c(C)c(-c2ccc(NC(C)C)nc2)c2c(ncn2C)c1-c1ccc(NC(C)C)nc1. The van der Waals surface area contributed by atoms with Gasteiger partial charge < -0.3 is 15.2 Å². The number of nitrogens with zero attached hydrogens (tertiary/aromatic N) is 4. The highest BCUT2D eigenvalue weighted by molar-refractivity contribution is 6.04. The second-order valence-corrected chi connectivity index (χ2v) is 9.01. The zero-order valence-corrected chi connectivity index (χ0v) is 20.0. The van der Waals surface area contributed by atoms with Crippen molar-refractivity contribution in [2.24, 2.45) is 7.05 Å². The minimum Gasteiger partial charge on any atom is -0.368 e. The van der Waals surface area contributed by atoms with Gasteiger partial charge in [-0.3, -0.25) is 0 Å². The molecule has 4 rings (SSSR count). The van der Waals surface area contributed by atoms with Gasteiger partial charge in [-0.1, -0.05) is 0 Å². The third-order valence-corrected chi connectivity index (χ3v) is 5.70. The Morgan fingerprint density at radius 2 is 1.22 bits per heavy atom. The minimum atomic E-state index is 0.342. The van der Waals surface area contributed by atoms with Gasteiger partial charge in [0.05, 0.1) is 17.4 Å². The van der Waals surface area contributed by atoms with Gasteiger partial charge in [0.15, 0.2) is 0 Å². The molecule has 0 aliphatic heterocycles. The van der Waals surface area contributed by atoms with Crippen LogP contribution in [-0.4, -0.2) is 31.6 Å². The number of hydrogen-bond acceptors (Lipinski definition) is 5. The molecule has 0 spiro atoms. The fraction of sp³-hybridized carbons (Fsp3) is 0.346. The highest BCUT2D eigenvalue weighted by Crippen LogP contribution is 2.40. The molecular weight excluding hydrogens is 396 g/mol. The third-order valence-electron chi connectivity index (χ3n) is 5.70. The second-order valence-electron chi connectivity index (χ2n) is 9.01. The van der Waals surface area contributed by atoms with E-state index >= 15 is 0 Å². The molecular formula is C26H32N6. The van der Waals surface area contributed by atoms with Crippen molar-refractivity contribution in [3.63, 3.8) is 0 Å². The molecule has 3 aromatic heterocycles. The van der Waals surface area contributed by atoms with E-state index in [9.17, 15) is 0 Å². The summed E-state index contributed by atoms with van der Waals surface area (Å²) in [6, 6.07) is 9.04.